The summed E-state index contributed by atoms with van der Waals surface area (Å²) >= 11 is 0. The molecule has 7 aromatic carbocycles. The van der Waals surface area contributed by atoms with E-state index in [0.717, 1.165) is 104 Å². The Morgan fingerprint density at radius 1 is 0.607 bits per heavy atom. The van der Waals surface area contributed by atoms with E-state index in [4.69, 9.17) is 18.9 Å². The van der Waals surface area contributed by atoms with Gasteiger partial charge in [0.25, 0.3) is 0 Å². The molecule has 7 aromatic rings. The predicted octanol–water partition coefficient (Wildman–Crippen LogP) is 12.6. The topological polar surface area (TPSA) is 40.2 Å². The molecule has 0 unspecified atom stereocenters. The van der Waals surface area contributed by atoms with Crippen LogP contribution in [0.25, 0.3) is 39.1 Å². The molecule has 0 saturated carbocycles. The lowest BCUT2D eigenvalue weighted by atomic mass is 9.68. The molecule has 0 bridgehead atoms. The Bertz CT molecular complexity index is 2830. The van der Waals surface area contributed by atoms with Crippen molar-refractivity contribution in [1.29, 1.82) is 0 Å². The van der Waals surface area contributed by atoms with Gasteiger partial charge in [0.2, 0.25) is 0 Å². The first-order valence-corrected chi connectivity index (χ1v) is 20.8. The van der Waals surface area contributed by atoms with Crippen LogP contribution < -0.4 is 23.8 Å². The Hall–Kier alpha value is -6.67. The molecule has 2 aliphatic carbocycles. The van der Waals surface area contributed by atoms with Gasteiger partial charge in [0, 0.05) is 35.2 Å². The van der Waals surface area contributed by atoms with E-state index < -0.39 is 22.8 Å². The van der Waals surface area contributed by atoms with E-state index >= 15 is 0 Å². The maximum atomic E-state index is 15.0. The summed E-state index contributed by atoms with van der Waals surface area (Å²) in [5.74, 6) is 2.76. The van der Waals surface area contributed by atoms with E-state index in [-0.39, 0.29) is 0 Å². The molecule has 0 N–H and O–H groups in total. The van der Waals surface area contributed by atoms with Crippen LogP contribution in [-0.4, -0.2) is 34.4 Å². The number of hydrogen-bond acceptors (Lipinski definition) is 5. The van der Waals surface area contributed by atoms with Gasteiger partial charge in [0.1, 0.15) is 23.0 Å². The number of benzene rings is 7. The van der Waals surface area contributed by atoms with Gasteiger partial charge in [-0.15, -0.1) is 0 Å². The van der Waals surface area contributed by atoms with Crippen molar-refractivity contribution in [3.05, 3.63) is 178 Å². The van der Waals surface area contributed by atoms with Crippen molar-refractivity contribution in [3.63, 3.8) is 0 Å². The Morgan fingerprint density at radius 2 is 1.21 bits per heavy atom. The van der Waals surface area contributed by atoms with Crippen LogP contribution in [0.2, 0.25) is 0 Å². The Kier molecular flexibility index (Phi) is 8.37. The summed E-state index contributed by atoms with van der Waals surface area (Å²) in [6.07, 6.45) is 2.95. The first-order chi connectivity index (χ1) is 29.7. The minimum atomic E-state index is -4.56. The van der Waals surface area contributed by atoms with Gasteiger partial charge in [0.05, 0.1) is 38.0 Å². The highest BCUT2D eigenvalue weighted by molar-refractivity contribution is 6.12. The number of ether oxygens (including phenoxy) is 4. The quantitative estimate of drug-likeness (QED) is 0.167. The third kappa shape index (κ3) is 5.27. The Balaban J connectivity index is 1.30. The van der Waals surface area contributed by atoms with Crippen LogP contribution >= 0.6 is 0 Å². The number of alkyl halides is 3. The second kappa shape index (κ2) is 13.7. The Morgan fingerprint density at radius 3 is 1.79 bits per heavy atom. The summed E-state index contributed by atoms with van der Waals surface area (Å²) in [7, 11) is 4.98. The maximum absolute atomic E-state index is 15.0. The van der Waals surface area contributed by atoms with Crippen LogP contribution in [0.3, 0.4) is 0 Å². The van der Waals surface area contributed by atoms with Crippen LogP contribution in [0.15, 0.2) is 133 Å². The third-order valence-electron chi connectivity index (χ3n) is 13.4. The molecule has 8 heteroatoms. The molecule has 1 fully saturated rings. The average molecular weight is 814 g/mol. The van der Waals surface area contributed by atoms with E-state index in [1.165, 1.54) is 12.1 Å². The fraction of sp³-hybridized carbons (Fsp3) is 0.208. The van der Waals surface area contributed by atoms with Gasteiger partial charge in [-0.1, -0.05) is 84.9 Å². The zero-order valence-electron chi connectivity index (χ0n) is 34.0. The molecule has 1 spiro atoms. The highest BCUT2D eigenvalue weighted by Crippen LogP contribution is 2.67. The number of fused-ring (bicyclic) bond motifs is 15. The Labute approximate surface area is 352 Å². The smallest absolute Gasteiger partial charge is 0.416 e. The fourth-order valence-corrected chi connectivity index (χ4v) is 10.7. The van der Waals surface area contributed by atoms with Crippen LogP contribution in [-0.2, 0) is 17.2 Å². The normalized spacial score (nSPS) is 16.3. The lowest BCUT2D eigenvalue weighted by Crippen LogP contribution is -2.35. The minimum absolute atomic E-state index is 0.607. The number of hydrogen-bond donors (Lipinski definition) is 0. The second-order valence-corrected chi connectivity index (χ2v) is 16.3. The van der Waals surface area contributed by atoms with Crippen molar-refractivity contribution in [1.82, 2.24) is 0 Å². The number of halogens is 3. The lowest BCUT2D eigenvalue weighted by molar-refractivity contribution is -0.137. The molecule has 4 aliphatic rings. The van der Waals surface area contributed by atoms with Crippen molar-refractivity contribution < 1.29 is 32.1 Å². The van der Waals surface area contributed by atoms with Crippen molar-refractivity contribution >= 4 is 22.5 Å². The molecular formula is C53H42F3NO4. The van der Waals surface area contributed by atoms with Crippen molar-refractivity contribution in [2.24, 2.45) is 0 Å². The summed E-state index contributed by atoms with van der Waals surface area (Å²) in [4.78, 5) is 2.38. The summed E-state index contributed by atoms with van der Waals surface area (Å²) in [5, 5.41) is 1.70. The molecule has 0 radical (unpaired) electrons. The first kappa shape index (κ1) is 37.3. The number of anilines is 1. The third-order valence-corrected chi connectivity index (χ3v) is 13.4. The highest BCUT2D eigenvalue weighted by atomic mass is 19.4. The molecular weight excluding hydrogens is 772 g/mol. The second-order valence-electron chi connectivity index (χ2n) is 16.3. The van der Waals surface area contributed by atoms with E-state index in [1.807, 2.05) is 72.8 Å². The van der Waals surface area contributed by atoms with E-state index in [1.54, 1.807) is 27.4 Å². The lowest BCUT2D eigenvalue weighted by Gasteiger charge is -2.39. The van der Waals surface area contributed by atoms with Crippen LogP contribution in [0, 0.1) is 0 Å². The van der Waals surface area contributed by atoms with Crippen LogP contribution in [0.1, 0.15) is 63.8 Å². The van der Waals surface area contributed by atoms with Gasteiger partial charge >= 0.3 is 6.18 Å². The molecule has 5 nitrogen and oxygen atoms in total. The van der Waals surface area contributed by atoms with Crippen molar-refractivity contribution in [3.8, 4) is 45.3 Å². The van der Waals surface area contributed by atoms with Gasteiger partial charge in [-0.2, -0.15) is 13.2 Å². The summed E-state index contributed by atoms with van der Waals surface area (Å²) in [5.41, 5.74) is 7.67. The monoisotopic (exact) mass is 813 g/mol. The first-order valence-electron chi connectivity index (χ1n) is 20.8. The van der Waals surface area contributed by atoms with E-state index in [0.29, 0.717) is 28.6 Å². The fourth-order valence-electron chi connectivity index (χ4n) is 10.7. The molecule has 2 aliphatic heterocycles. The van der Waals surface area contributed by atoms with E-state index in [2.05, 4.69) is 53.5 Å². The molecule has 1 saturated heterocycles. The largest absolute Gasteiger partial charge is 0.497 e. The summed E-state index contributed by atoms with van der Waals surface area (Å²) in [6.45, 7) is 1.75. The molecule has 2 heterocycles. The minimum Gasteiger partial charge on any atom is -0.497 e. The average Bonchev–Trinajstić information content (AvgIpc) is 3.78. The zero-order valence-corrected chi connectivity index (χ0v) is 34.0. The van der Waals surface area contributed by atoms with Crippen molar-refractivity contribution in [2.45, 2.75) is 36.5 Å². The highest BCUT2D eigenvalue weighted by Gasteiger charge is 2.55. The summed E-state index contributed by atoms with van der Waals surface area (Å²) < 4.78 is 70.0. The number of rotatable bonds is 6. The molecule has 0 amide bonds. The maximum Gasteiger partial charge on any atom is 0.416 e. The van der Waals surface area contributed by atoms with Gasteiger partial charge in [0.15, 0.2) is 5.60 Å². The molecule has 0 aromatic heterocycles. The summed E-state index contributed by atoms with van der Waals surface area (Å²) in [6, 6.07) is 40.7. The SMILES string of the molecule is COc1ccc(C2(c3ccc(OC)cc3)C=Cc3c4c(c5cc(N6CCCCC6)c(OC)cc5c3O2)-c2ccc(C(F)(F)F)cc2C42c3ccccc3-c3ccccc32)cc1. The number of piperidine rings is 1. The predicted molar refractivity (Wildman–Crippen MR) is 234 cm³/mol. The molecule has 61 heavy (non-hydrogen) atoms. The number of methoxy groups -OCH3 is 3. The van der Waals surface area contributed by atoms with Crippen molar-refractivity contribution in [2.75, 3.05) is 39.3 Å². The number of nitrogens with zero attached hydrogens (tertiary/aromatic N) is 1. The van der Waals surface area contributed by atoms with Gasteiger partial charge < -0.3 is 23.8 Å². The molecule has 11 rings (SSSR count). The molecule has 304 valence electrons. The van der Waals surface area contributed by atoms with Gasteiger partial charge in [-0.25, -0.2) is 0 Å². The standard InChI is InChI=1S/C53H42F3NO4/c1-58-35-20-15-32(16-21-35)51(33-17-22-36(59-2)23-18-33)26-25-40-49-48(41-30-46(57-27-9-4-10-28-57)47(60-3)31-42(41)50(40)61-51)39-24-19-34(53(54,55)56)29-45(39)52(49)43-13-7-5-11-37(43)38-12-6-8-14-44(38)52/h5-8,11-26,29-31H,4,9-10,27-28H2,1-3H3. The van der Waals surface area contributed by atoms with Gasteiger partial charge in [-0.05, 0) is 124 Å². The van der Waals surface area contributed by atoms with Crippen LogP contribution in [0.4, 0.5) is 18.9 Å². The zero-order chi connectivity index (χ0) is 41.7. The molecule has 0 atom stereocenters. The van der Waals surface area contributed by atoms with Gasteiger partial charge in [-0.3, -0.25) is 0 Å². The van der Waals surface area contributed by atoms with Crippen LogP contribution in [0.5, 0.6) is 23.0 Å². The van der Waals surface area contributed by atoms with E-state index in [9.17, 15) is 13.2 Å².